The molecule has 9 heteroatoms. The molecule has 0 amide bonds. The van der Waals surface area contributed by atoms with Gasteiger partial charge >= 0.3 is 0 Å². The molecule has 1 saturated heterocycles. The van der Waals surface area contributed by atoms with Crippen molar-refractivity contribution in [2.24, 2.45) is 0 Å². The first kappa shape index (κ1) is 17.5. The molecule has 0 atom stereocenters. The highest BCUT2D eigenvalue weighted by molar-refractivity contribution is 5.42. The zero-order valence-electron chi connectivity index (χ0n) is 15.2. The fourth-order valence-corrected chi connectivity index (χ4v) is 3.60. The van der Waals surface area contributed by atoms with Gasteiger partial charge in [0.25, 0.3) is 0 Å². The zero-order chi connectivity index (χ0) is 18.5. The lowest BCUT2D eigenvalue weighted by atomic mass is 10.2. The summed E-state index contributed by atoms with van der Waals surface area (Å²) in [6.07, 6.45) is 9.66. The molecule has 0 N–H and O–H groups in total. The Morgan fingerprint density at radius 3 is 2.67 bits per heavy atom. The third kappa shape index (κ3) is 4.11. The van der Waals surface area contributed by atoms with E-state index in [1.54, 1.807) is 18.6 Å². The standard InChI is InChI=1S/C18H22N8O/c19-11-16-22-17(25-7-9-27-10-8-25)24-18(23-16)26(15-3-1-2-4-15)13-14-12-20-5-6-21-14/h5-6,12,15H,1-4,7-10,13H2. The second kappa shape index (κ2) is 8.22. The van der Waals surface area contributed by atoms with Crippen molar-refractivity contribution < 1.29 is 4.74 Å². The van der Waals surface area contributed by atoms with E-state index in [1.165, 1.54) is 12.8 Å². The van der Waals surface area contributed by atoms with Gasteiger partial charge in [-0.15, -0.1) is 0 Å². The van der Waals surface area contributed by atoms with E-state index < -0.39 is 0 Å². The molecule has 2 aromatic heterocycles. The lowest BCUT2D eigenvalue weighted by Crippen LogP contribution is -2.39. The summed E-state index contributed by atoms with van der Waals surface area (Å²) in [5.41, 5.74) is 0.858. The molecule has 27 heavy (non-hydrogen) atoms. The van der Waals surface area contributed by atoms with Crippen molar-refractivity contribution in [2.75, 3.05) is 36.1 Å². The number of ether oxygens (including phenoxy) is 1. The summed E-state index contributed by atoms with van der Waals surface area (Å²) in [6.45, 7) is 3.25. The fraction of sp³-hybridized carbons (Fsp3) is 0.556. The van der Waals surface area contributed by atoms with Crippen LogP contribution in [0.1, 0.15) is 37.2 Å². The van der Waals surface area contributed by atoms with E-state index in [4.69, 9.17) is 9.72 Å². The first-order valence-corrected chi connectivity index (χ1v) is 9.34. The van der Waals surface area contributed by atoms with Crippen LogP contribution in [0, 0.1) is 11.3 Å². The van der Waals surface area contributed by atoms with Crippen LogP contribution in [0.3, 0.4) is 0 Å². The average molecular weight is 366 g/mol. The molecule has 4 rings (SSSR count). The molecule has 1 aliphatic heterocycles. The monoisotopic (exact) mass is 366 g/mol. The number of nitrogens with zero attached hydrogens (tertiary/aromatic N) is 8. The van der Waals surface area contributed by atoms with Crippen LogP contribution in [0.4, 0.5) is 11.9 Å². The molecule has 2 aromatic rings. The predicted octanol–water partition coefficient (Wildman–Crippen LogP) is 1.32. The van der Waals surface area contributed by atoms with Crippen molar-refractivity contribution in [2.45, 2.75) is 38.3 Å². The number of aromatic nitrogens is 5. The van der Waals surface area contributed by atoms with Gasteiger partial charge in [0.05, 0.1) is 31.6 Å². The number of anilines is 2. The Bertz CT molecular complexity index is 797. The molecule has 0 spiro atoms. The summed E-state index contributed by atoms with van der Waals surface area (Å²) in [7, 11) is 0. The molecule has 0 radical (unpaired) electrons. The van der Waals surface area contributed by atoms with E-state index in [0.29, 0.717) is 50.8 Å². The number of morpholine rings is 1. The maximum atomic E-state index is 9.43. The Hall–Kier alpha value is -2.86. The van der Waals surface area contributed by atoms with Crippen molar-refractivity contribution in [3.05, 3.63) is 30.1 Å². The molecule has 0 bridgehead atoms. The Kier molecular flexibility index (Phi) is 5.34. The smallest absolute Gasteiger partial charge is 0.238 e. The number of hydrogen-bond acceptors (Lipinski definition) is 9. The van der Waals surface area contributed by atoms with E-state index in [9.17, 15) is 5.26 Å². The lowest BCUT2D eigenvalue weighted by molar-refractivity contribution is 0.122. The van der Waals surface area contributed by atoms with Crippen LogP contribution in [0.2, 0.25) is 0 Å². The molecule has 140 valence electrons. The quantitative estimate of drug-likeness (QED) is 0.774. The number of nitriles is 1. The maximum absolute atomic E-state index is 9.43. The van der Waals surface area contributed by atoms with Gasteiger partial charge in [-0.1, -0.05) is 12.8 Å². The largest absolute Gasteiger partial charge is 0.378 e. The fourth-order valence-electron chi connectivity index (χ4n) is 3.60. The van der Waals surface area contributed by atoms with Crippen LogP contribution in [-0.2, 0) is 11.3 Å². The summed E-state index contributed by atoms with van der Waals surface area (Å²) >= 11 is 0. The molecular formula is C18H22N8O. The van der Waals surface area contributed by atoms with E-state index >= 15 is 0 Å². The maximum Gasteiger partial charge on any atom is 0.238 e. The van der Waals surface area contributed by atoms with Crippen molar-refractivity contribution in [3.63, 3.8) is 0 Å². The third-order valence-electron chi connectivity index (χ3n) is 4.98. The Labute approximate surface area is 158 Å². The molecule has 2 fully saturated rings. The minimum absolute atomic E-state index is 0.142. The Morgan fingerprint density at radius 2 is 1.96 bits per heavy atom. The van der Waals surface area contributed by atoms with Gasteiger partial charge in [-0.2, -0.15) is 20.2 Å². The Morgan fingerprint density at radius 1 is 1.15 bits per heavy atom. The number of rotatable bonds is 5. The van der Waals surface area contributed by atoms with Crippen LogP contribution < -0.4 is 9.80 Å². The van der Waals surface area contributed by atoms with Gasteiger partial charge in [-0.25, -0.2) is 0 Å². The zero-order valence-corrected chi connectivity index (χ0v) is 15.2. The van der Waals surface area contributed by atoms with Crippen LogP contribution in [-0.4, -0.2) is 57.3 Å². The summed E-state index contributed by atoms with van der Waals surface area (Å²) in [5.74, 6) is 1.23. The molecule has 3 heterocycles. The lowest BCUT2D eigenvalue weighted by Gasteiger charge is -2.31. The van der Waals surface area contributed by atoms with Crippen molar-refractivity contribution in [3.8, 4) is 6.07 Å². The van der Waals surface area contributed by atoms with E-state index in [-0.39, 0.29) is 5.82 Å². The highest BCUT2D eigenvalue weighted by Crippen LogP contribution is 2.28. The topological polar surface area (TPSA) is 104 Å². The van der Waals surface area contributed by atoms with Crippen molar-refractivity contribution in [1.29, 1.82) is 5.26 Å². The van der Waals surface area contributed by atoms with Gasteiger partial charge in [0, 0.05) is 31.5 Å². The average Bonchev–Trinajstić information content (AvgIpc) is 3.27. The van der Waals surface area contributed by atoms with Gasteiger partial charge in [-0.3, -0.25) is 9.97 Å². The van der Waals surface area contributed by atoms with Crippen LogP contribution >= 0.6 is 0 Å². The normalized spacial score (nSPS) is 17.7. The molecule has 1 aliphatic carbocycles. The summed E-state index contributed by atoms with van der Waals surface area (Å²) in [5, 5.41) is 9.43. The van der Waals surface area contributed by atoms with Crippen LogP contribution in [0.15, 0.2) is 18.6 Å². The highest BCUT2D eigenvalue weighted by Gasteiger charge is 2.27. The molecule has 1 saturated carbocycles. The molecule has 9 nitrogen and oxygen atoms in total. The molecule has 0 unspecified atom stereocenters. The molecule has 0 aromatic carbocycles. The van der Waals surface area contributed by atoms with E-state index in [2.05, 4.69) is 30.9 Å². The highest BCUT2D eigenvalue weighted by atomic mass is 16.5. The van der Waals surface area contributed by atoms with Crippen LogP contribution in [0.5, 0.6) is 0 Å². The van der Waals surface area contributed by atoms with Gasteiger partial charge in [-0.05, 0) is 12.8 Å². The summed E-state index contributed by atoms with van der Waals surface area (Å²) in [6, 6.07) is 2.41. The van der Waals surface area contributed by atoms with Gasteiger partial charge in [0.2, 0.25) is 17.7 Å². The van der Waals surface area contributed by atoms with Crippen LogP contribution in [0.25, 0.3) is 0 Å². The van der Waals surface area contributed by atoms with Gasteiger partial charge < -0.3 is 14.5 Å². The second-order valence-corrected chi connectivity index (χ2v) is 6.73. The predicted molar refractivity (Wildman–Crippen MR) is 98.0 cm³/mol. The number of hydrogen-bond donors (Lipinski definition) is 0. The van der Waals surface area contributed by atoms with Crippen molar-refractivity contribution in [1.82, 2.24) is 24.9 Å². The van der Waals surface area contributed by atoms with Gasteiger partial charge in [0.1, 0.15) is 6.07 Å². The van der Waals surface area contributed by atoms with Crippen molar-refractivity contribution >= 4 is 11.9 Å². The third-order valence-corrected chi connectivity index (χ3v) is 4.98. The first-order chi connectivity index (χ1) is 13.3. The summed E-state index contributed by atoms with van der Waals surface area (Å²) in [4.78, 5) is 26.2. The van der Waals surface area contributed by atoms with E-state index in [1.807, 2.05) is 4.90 Å². The SMILES string of the molecule is N#Cc1nc(N2CCOCC2)nc(N(Cc2cnccn2)C2CCCC2)n1. The molecule has 2 aliphatic rings. The van der Waals surface area contributed by atoms with E-state index in [0.717, 1.165) is 18.5 Å². The molecular weight excluding hydrogens is 344 g/mol. The first-order valence-electron chi connectivity index (χ1n) is 9.34. The Balaban J connectivity index is 1.68. The summed E-state index contributed by atoms with van der Waals surface area (Å²) < 4.78 is 5.41. The van der Waals surface area contributed by atoms with Gasteiger partial charge in [0.15, 0.2) is 0 Å². The second-order valence-electron chi connectivity index (χ2n) is 6.73. The minimum Gasteiger partial charge on any atom is -0.378 e. The minimum atomic E-state index is 0.142.